The predicted molar refractivity (Wildman–Crippen MR) is 85.4 cm³/mol. The van der Waals surface area contributed by atoms with Gasteiger partial charge in [-0.25, -0.2) is 0 Å². The molecule has 1 amide bonds. The highest BCUT2D eigenvalue weighted by molar-refractivity contribution is 6.31. The minimum Gasteiger partial charge on any atom is -0.451 e. The summed E-state index contributed by atoms with van der Waals surface area (Å²) in [4.78, 5) is 12.3. The number of anilines is 1. The second kappa shape index (κ2) is 5.87. The van der Waals surface area contributed by atoms with E-state index in [1.807, 2.05) is 0 Å². The first-order valence-corrected chi connectivity index (χ1v) is 7.31. The molecule has 0 aliphatic carbocycles. The lowest BCUT2D eigenvalue weighted by atomic mass is 10.1. The first-order valence-electron chi connectivity index (χ1n) is 6.93. The molecule has 0 saturated carbocycles. The van der Waals surface area contributed by atoms with Gasteiger partial charge in [0.2, 0.25) is 0 Å². The van der Waals surface area contributed by atoms with Gasteiger partial charge >= 0.3 is 6.18 Å². The number of nitrogens with one attached hydrogen (secondary N) is 1. The number of carbonyl (C=O) groups excluding carboxylic acids is 1. The van der Waals surface area contributed by atoms with Crippen molar-refractivity contribution in [2.75, 3.05) is 5.32 Å². The highest BCUT2D eigenvalue weighted by Crippen LogP contribution is 2.31. The van der Waals surface area contributed by atoms with Crippen molar-refractivity contribution in [1.82, 2.24) is 0 Å². The summed E-state index contributed by atoms with van der Waals surface area (Å²) < 4.78 is 43.7. The van der Waals surface area contributed by atoms with Gasteiger partial charge < -0.3 is 9.73 Å². The number of halogens is 4. The zero-order valence-electron chi connectivity index (χ0n) is 12.4. The summed E-state index contributed by atoms with van der Waals surface area (Å²) in [5.74, 6) is -0.594. The van der Waals surface area contributed by atoms with E-state index in [0.29, 0.717) is 21.6 Å². The van der Waals surface area contributed by atoms with Gasteiger partial charge in [0.05, 0.1) is 5.56 Å². The van der Waals surface area contributed by atoms with Gasteiger partial charge in [-0.3, -0.25) is 4.79 Å². The number of furan rings is 1. The van der Waals surface area contributed by atoms with E-state index in [0.717, 1.165) is 12.1 Å². The lowest BCUT2D eigenvalue weighted by Gasteiger charge is -2.09. The van der Waals surface area contributed by atoms with Crippen LogP contribution in [0.5, 0.6) is 0 Å². The fourth-order valence-electron chi connectivity index (χ4n) is 2.37. The SMILES string of the molecule is Cc1c(C(=O)Nc2cccc(C(F)(F)F)c2)oc2ccc(Cl)cc12. The first kappa shape index (κ1) is 16.4. The number of carbonyl (C=O) groups is 1. The molecular weight excluding hydrogens is 343 g/mol. The third kappa shape index (κ3) is 3.10. The van der Waals surface area contributed by atoms with E-state index in [1.165, 1.54) is 12.1 Å². The number of amides is 1. The molecule has 1 aromatic heterocycles. The van der Waals surface area contributed by atoms with Crippen LogP contribution in [0.4, 0.5) is 18.9 Å². The molecule has 124 valence electrons. The Morgan fingerprint density at radius 3 is 2.62 bits per heavy atom. The van der Waals surface area contributed by atoms with E-state index in [-0.39, 0.29) is 11.4 Å². The van der Waals surface area contributed by atoms with Crippen molar-refractivity contribution < 1.29 is 22.4 Å². The monoisotopic (exact) mass is 353 g/mol. The molecule has 0 saturated heterocycles. The standard InChI is InChI=1S/C17H11ClF3NO2/c1-9-13-8-11(18)5-6-14(13)24-15(9)16(23)22-12-4-2-3-10(7-12)17(19,20)21/h2-8H,1H3,(H,22,23). The van der Waals surface area contributed by atoms with Crippen molar-refractivity contribution in [3.8, 4) is 0 Å². The summed E-state index contributed by atoms with van der Waals surface area (Å²) in [5.41, 5.74) is 0.240. The predicted octanol–water partition coefficient (Wildman–Crippen LogP) is 5.67. The summed E-state index contributed by atoms with van der Waals surface area (Å²) in [6.45, 7) is 1.68. The van der Waals surface area contributed by atoms with Crippen LogP contribution in [0.25, 0.3) is 11.0 Å². The van der Waals surface area contributed by atoms with Crippen LogP contribution in [-0.4, -0.2) is 5.91 Å². The maximum Gasteiger partial charge on any atom is 0.416 e. The number of hydrogen-bond acceptors (Lipinski definition) is 2. The van der Waals surface area contributed by atoms with Crippen LogP contribution >= 0.6 is 11.6 Å². The molecule has 0 spiro atoms. The van der Waals surface area contributed by atoms with E-state index in [1.54, 1.807) is 25.1 Å². The van der Waals surface area contributed by atoms with Crippen molar-refractivity contribution in [2.45, 2.75) is 13.1 Å². The number of rotatable bonds is 2. The van der Waals surface area contributed by atoms with Crippen molar-refractivity contribution in [3.63, 3.8) is 0 Å². The second-order valence-corrected chi connectivity index (χ2v) is 5.67. The average molecular weight is 354 g/mol. The fraction of sp³-hybridized carbons (Fsp3) is 0.118. The van der Waals surface area contributed by atoms with Gasteiger partial charge in [0, 0.05) is 21.7 Å². The van der Waals surface area contributed by atoms with Crippen LogP contribution < -0.4 is 5.32 Å². The maximum atomic E-state index is 12.7. The third-order valence-electron chi connectivity index (χ3n) is 3.55. The van der Waals surface area contributed by atoms with Gasteiger partial charge in [-0.2, -0.15) is 13.2 Å². The van der Waals surface area contributed by atoms with E-state index >= 15 is 0 Å². The van der Waals surface area contributed by atoms with Crippen LogP contribution in [0, 0.1) is 6.92 Å². The molecule has 0 aliphatic rings. The van der Waals surface area contributed by atoms with Crippen LogP contribution in [0.1, 0.15) is 21.7 Å². The summed E-state index contributed by atoms with van der Waals surface area (Å²) in [6.07, 6.45) is -4.48. The molecule has 7 heteroatoms. The van der Waals surface area contributed by atoms with Crippen LogP contribution in [0.2, 0.25) is 5.02 Å². The highest BCUT2D eigenvalue weighted by atomic mass is 35.5. The lowest BCUT2D eigenvalue weighted by molar-refractivity contribution is -0.137. The summed E-state index contributed by atoms with van der Waals surface area (Å²) in [7, 11) is 0. The van der Waals surface area contributed by atoms with E-state index < -0.39 is 17.6 Å². The minimum atomic E-state index is -4.48. The molecule has 1 N–H and O–H groups in total. The minimum absolute atomic E-state index is 0.0321. The second-order valence-electron chi connectivity index (χ2n) is 5.23. The third-order valence-corrected chi connectivity index (χ3v) is 3.79. The van der Waals surface area contributed by atoms with Crippen molar-refractivity contribution in [3.05, 3.63) is 64.4 Å². The summed E-state index contributed by atoms with van der Waals surface area (Å²) >= 11 is 5.92. The van der Waals surface area contributed by atoms with Crippen molar-refractivity contribution >= 4 is 34.2 Å². The van der Waals surface area contributed by atoms with E-state index in [4.69, 9.17) is 16.0 Å². The molecule has 0 bridgehead atoms. The van der Waals surface area contributed by atoms with Gasteiger partial charge in [-0.1, -0.05) is 17.7 Å². The molecule has 1 heterocycles. The zero-order chi connectivity index (χ0) is 17.5. The molecule has 0 fully saturated rings. The van der Waals surface area contributed by atoms with Crippen LogP contribution in [-0.2, 0) is 6.18 Å². The molecular formula is C17H11ClF3NO2. The molecule has 0 radical (unpaired) electrons. The molecule has 3 nitrogen and oxygen atoms in total. The smallest absolute Gasteiger partial charge is 0.416 e. The van der Waals surface area contributed by atoms with E-state index in [9.17, 15) is 18.0 Å². The Balaban J connectivity index is 1.92. The molecule has 0 atom stereocenters. The molecule has 3 aromatic rings. The molecule has 0 aliphatic heterocycles. The maximum absolute atomic E-state index is 12.7. The Hall–Kier alpha value is -2.47. The first-order chi connectivity index (χ1) is 11.3. The van der Waals surface area contributed by atoms with Gasteiger partial charge in [0.1, 0.15) is 5.58 Å². The van der Waals surface area contributed by atoms with Crippen LogP contribution in [0.3, 0.4) is 0 Å². The number of alkyl halides is 3. The molecule has 24 heavy (non-hydrogen) atoms. The Bertz CT molecular complexity index is 931. The average Bonchev–Trinajstić information content (AvgIpc) is 2.84. The number of aryl methyl sites for hydroxylation is 1. The van der Waals surface area contributed by atoms with Crippen LogP contribution in [0.15, 0.2) is 46.9 Å². The number of hydrogen-bond donors (Lipinski definition) is 1. The van der Waals surface area contributed by atoms with Gasteiger partial charge in [-0.15, -0.1) is 0 Å². The summed E-state index contributed by atoms with van der Waals surface area (Å²) in [5, 5.41) is 3.60. The quantitative estimate of drug-likeness (QED) is 0.645. The topological polar surface area (TPSA) is 42.2 Å². The highest BCUT2D eigenvalue weighted by Gasteiger charge is 2.30. The fourth-order valence-corrected chi connectivity index (χ4v) is 2.54. The molecule has 3 rings (SSSR count). The Morgan fingerprint density at radius 2 is 1.92 bits per heavy atom. The number of benzene rings is 2. The normalized spacial score (nSPS) is 11.7. The molecule has 2 aromatic carbocycles. The zero-order valence-corrected chi connectivity index (χ0v) is 13.1. The van der Waals surface area contributed by atoms with E-state index in [2.05, 4.69) is 5.32 Å². The number of fused-ring (bicyclic) bond motifs is 1. The Kier molecular flexibility index (Phi) is 4.01. The van der Waals surface area contributed by atoms with Gasteiger partial charge in [0.25, 0.3) is 5.91 Å². The lowest BCUT2D eigenvalue weighted by Crippen LogP contribution is -2.13. The largest absolute Gasteiger partial charge is 0.451 e. The summed E-state index contributed by atoms with van der Waals surface area (Å²) in [6, 6.07) is 9.33. The Labute approximate surface area is 140 Å². The van der Waals surface area contributed by atoms with Crippen molar-refractivity contribution in [1.29, 1.82) is 0 Å². The van der Waals surface area contributed by atoms with Crippen molar-refractivity contribution in [2.24, 2.45) is 0 Å². The molecule has 0 unspecified atom stereocenters. The Morgan fingerprint density at radius 1 is 1.17 bits per heavy atom. The van der Waals surface area contributed by atoms with Gasteiger partial charge in [0.15, 0.2) is 5.76 Å². The van der Waals surface area contributed by atoms with Gasteiger partial charge in [-0.05, 0) is 43.3 Å².